The van der Waals surface area contributed by atoms with Crippen LogP contribution in [0, 0.1) is 13.8 Å². The van der Waals surface area contributed by atoms with Gasteiger partial charge in [0, 0.05) is 19.8 Å². The molecule has 2 heteroatoms. The zero-order chi connectivity index (χ0) is 14.0. The summed E-state index contributed by atoms with van der Waals surface area (Å²) in [6.45, 7) is 4.11. The van der Waals surface area contributed by atoms with Gasteiger partial charge in [0.05, 0.1) is 0 Å². The number of hydrogen-bond donors (Lipinski definition) is 1. The number of aliphatic hydroxyl groups is 1. The van der Waals surface area contributed by atoms with E-state index < -0.39 is 6.10 Å². The van der Waals surface area contributed by atoms with Crippen LogP contribution in [-0.2, 0) is 0 Å². The first kappa shape index (κ1) is 13.6. The van der Waals surface area contributed by atoms with Crippen molar-refractivity contribution in [2.24, 2.45) is 0 Å². The van der Waals surface area contributed by atoms with Gasteiger partial charge in [0.15, 0.2) is 0 Å². The Bertz CT molecular complexity index is 555. The molecule has 1 N–H and O–H groups in total. The molecule has 0 aromatic heterocycles. The summed E-state index contributed by atoms with van der Waals surface area (Å²) in [6.07, 6.45) is -0.571. The summed E-state index contributed by atoms with van der Waals surface area (Å²) < 4.78 is 0. The van der Waals surface area contributed by atoms with Crippen molar-refractivity contribution in [3.8, 4) is 0 Å². The summed E-state index contributed by atoms with van der Waals surface area (Å²) in [5.74, 6) is 0. The standard InChI is InChI=1S/C17H21NO/c1-12-8-13(2)10-15(9-12)17(19)14-6-5-7-16(11-14)18(3)4/h5-11,17,19H,1-4H3. The Morgan fingerprint density at radius 2 is 1.53 bits per heavy atom. The number of nitrogens with zero attached hydrogens (tertiary/aromatic N) is 1. The molecule has 0 heterocycles. The van der Waals surface area contributed by atoms with Crippen LogP contribution < -0.4 is 4.90 Å². The average Bonchev–Trinajstić information content (AvgIpc) is 2.37. The van der Waals surface area contributed by atoms with E-state index in [1.165, 1.54) is 11.1 Å². The lowest BCUT2D eigenvalue weighted by atomic mass is 9.97. The molecule has 0 spiro atoms. The zero-order valence-corrected chi connectivity index (χ0v) is 12.0. The molecule has 2 nitrogen and oxygen atoms in total. The van der Waals surface area contributed by atoms with Gasteiger partial charge >= 0.3 is 0 Å². The van der Waals surface area contributed by atoms with Crippen molar-refractivity contribution in [3.05, 3.63) is 64.7 Å². The lowest BCUT2D eigenvalue weighted by Gasteiger charge is -2.17. The molecule has 1 atom stereocenters. The predicted octanol–water partition coefficient (Wildman–Crippen LogP) is 3.45. The van der Waals surface area contributed by atoms with E-state index in [9.17, 15) is 5.11 Å². The lowest BCUT2D eigenvalue weighted by Crippen LogP contribution is -2.09. The SMILES string of the molecule is Cc1cc(C)cc(C(O)c2cccc(N(C)C)c2)c1. The van der Waals surface area contributed by atoms with E-state index in [0.717, 1.165) is 16.8 Å². The van der Waals surface area contributed by atoms with E-state index in [1.54, 1.807) is 0 Å². The summed E-state index contributed by atoms with van der Waals surface area (Å²) in [5, 5.41) is 10.5. The zero-order valence-electron chi connectivity index (χ0n) is 12.0. The molecule has 0 saturated heterocycles. The normalized spacial score (nSPS) is 12.3. The van der Waals surface area contributed by atoms with E-state index >= 15 is 0 Å². The molecule has 2 rings (SSSR count). The smallest absolute Gasteiger partial charge is 0.104 e. The molecule has 0 saturated carbocycles. The molecule has 100 valence electrons. The highest BCUT2D eigenvalue weighted by Gasteiger charge is 2.12. The highest BCUT2D eigenvalue weighted by molar-refractivity contribution is 5.49. The Hall–Kier alpha value is -1.80. The number of benzene rings is 2. The second-order valence-corrected chi connectivity index (χ2v) is 5.31. The van der Waals surface area contributed by atoms with Crippen LogP contribution in [0.5, 0.6) is 0 Å². The third-order valence-electron chi connectivity index (χ3n) is 3.26. The summed E-state index contributed by atoms with van der Waals surface area (Å²) in [5.41, 5.74) is 5.33. The molecule has 0 aliphatic rings. The van der Waals surface area contributed by atoms with Gasteiger partial charge in [-0.05, 0) is 37.1 Å². The Morgan fingerprint density at radius 3 is 2.11 bits per heavy atom. The molecule has 0 aliphatic heterocycles. The summed E-state index contributed by atoms with van der Waals surface area (Å²) >= 11 is 0. The number of aryl methyl sites for hydroxylation is 2. The molecule has 0 radical (unpaired) electrons. The Kier molecular flexibility index (Phi) is 3.91. The summed E-state index contributed by atoms with van der Waals surface area (Å²) in [4.78, 5) is 2.04. The lowest BCUT2D eigenvalue weighted by molar-refractivity contribution is 0.220. The van der Waals surface area contributed by atoms with Crippen LogP contribution in [0.1, 0.15) is 28.4 Å². The Balaban J connectivity index is 2.38. The third kappa shape index (κ3) is 3.15. The van der Waals surface area contributed by atoms with Crippen LogP contribution in [0.25, 0.3) is 0 Å². The topological polar surface area (TPSA) is 23.5 Å². The molecule has 0 amide bonds. The van der Waals surface area contributed by atoms with Crippen molar-refractivity contribution < 1.29 is 5.11 Å². The molecular weight excluding hydrogens is 234 g/mol. The predicted molar refractivity (Wildman–Crippen MR) is 80.7 cm³/mol. The van der Waals surface area contributed by atoms with Crippen LogP contribution in [0.2, 0.25) is 0 Å². The first-order valence-corrected chi connectivity index (χ1v) is 6.51. The van der Waals surface area contributed by atoms with Gasteiger partial charge < -0.3 is 10.0 Å². The maximum atomic E-state index is 10.5. The van der Waals surface area contributed by atoms with Gasteiger partial charge in [0.1, 0.15) is 6.10 Å². The maximum absolute atomic E-state index is 10.5. The van der Waals surface area contributed by atoms with Crippen molar-refractivity contribution in [1.82, 2.24) is 0 Å². The number of aliphatic hydroxyl groups excluding tert-OH is 1. The Labute approximate surface area is 115 Å². The average molecular weight is 255 g/mol. The van der Waals surface area contributed by atoms with Crippen molar-refractivity contribution in [1.29, 1.82) is 0 Å². The molecule has 1 unspecified atom stereocenters. The van der Waals surface area contributed by atoms with Crippen molar-refractivity contribution in [2.75, 3.05) is 19.0 Å². The van der Waals surface area contributed by atoms with Gasteiger partial charge in [-0.25, -0.2) is 0 Å². The molecule has 0 bridgehead atoms. The largest absolute Gasteiger partial charge is 0.384 e. The van der Waals surface area contributed by atoms with E-state index in [0.29, 0.717) is 0 Å². The minimum Gasteiger partial charge on any atom is -0.384 e. The number of hydrogen-bond acceptors (Lipinski definition) is 2. The van der Waals surface area contributed by atoms with Crippen molar-refractivity contribution >= 4 is 5.69 Å². The molecule has 0 fully saturated rings. The molecule has 0 aliphatic carbocycles. The molecule has 19 heavy (non-hydrogen) atoms. The van der Waals surface area contributed by atoms with Crippen LogP contribution in [-0.4, -0.2) is 19.2 Å². The highest BCUT2D eigenvalue weighted by atomic mass is 16.3. The van der Waals surface area contributed by atoms with E-state index in [-0.39, 0.29) is 0 Å². The Morgan fingerprint density at radius 1 is 0.895 bits per heavy atom. The summed E-state index contributed by atoms with van der Waals surface area (Å²) in [6, 6.07) is 14.2. The van der Waals surface area contributed by atoms with Crippen LogP contribution in [0.3, 0.4) is 0 Å². The highest BCUT2D eigenvalue weighted by Crippen LogP contribution is 2.26. The van der Waals surface area contributed by atoms with Gasteiger partial charge in [-0.1, -0.05) is 41.5 Å². The first-order valence-electron chi connectivity index (χ1n) is 6.51. The van der Waals surface area contributed by atoms with Crippen LogP contribution in [0.4, 0.5) is 5.69 Å². The second kappa shape index (κ2) is 5.45. The van der Waals surface area contributed by atoms with Gasteiger partial charge in [-0.3, -0.25) is 0 Å². The van der Waals surface area contributed by atoms with Crippen molar-refractivity contribution in [3.63, 3.8) is 0 Å². The fraction of sp³-hybridized carbons (Fsp3) is 0.294. The summed E-state index contributed by atoms with van der Waals surface area (Å²) in [7, 11) is 4.00. The number of anilines is 1. The van der Waals surface area contributed by atoms with E-state index in [4.69, 9.17) is 0 Å². The van der Waals surface area contributed by atoms with Gasteiger partial charge in [0.2, 0.25) is 0 Å². The van der Waals surface area contributed by atoms with E-state index in [2.05, 4.69) is 19.9 Å². The van der Waals surface area contributed by atoms with Gasteiger partial charge in [0.25, 0.3) is 0 Å². The van der Waals surface area contributed by atoms with Gasteiger partial charge in [-0.15, -0.1) is 0 Å². The monoisotopic (exact) mass is 255 g/mol. The van der Waals surface area contributed by atoms with E-state index in [1.807, 2.05) is 55.4 Å². The second-order valence-electron chi connectivity index (χ2n) is 5.31. The minimum atomic E-state index is -0.571. The quantitative estimate of drug-likeness (QED) is 0.908. The minimum absolute atomic E-state index is 0.571. The van der Waals surface area contributed by atoms with Crippen molar-refractivity contribution in [2.45, 2.75) is 20.0 Å². The fourth-order valence-electron chi connectivity index (χ4n) is 2.33. The number of rotatable bonds is 3. The third-order valence-corrected chi connectivity index (χ3v) is 3.26. The molecular formula is C17H21NO. The van der Waals surface area contributed by atoms with Crippen LogP contribution in [0.15, 0.2) is 42.5 Å². The van der Waals surface area contributed by atoms with Crippen LogP contribution >= 0.6 is 0 Å². The first-order chi connectivity index (χ1) is 8.97. The molecule has 2 aromatic rings. The van der Waals surface area contributed by atoms with Gasteiger partial charge in [-0.2, -0.15) is 0 Å². The maximum Gasteiger partial charge on any atom is 0.104 e. The molecule has 2 aromatic carbocycles. The fourth-order valence-corrected chi connectivity index (χ4v) is 2.33.